The first kappa shape index (κ1) is 37.2. The first-order valence-corrected chi connectivity index (χ1v) is 19.0. The van der Waals surface area contributed by atoms with Crippen LogP contribution in [0.4, 0.5) is 5.69 Å². The van der Waals surface area contributed by atoms with E-state index >= 15 is 4.79 Å². The summed E-state index contributed by atoms with van der Waals surface area (Å²) in [6.07, 6.45) is 3.58. The Kier molecular flexibility index (Phi) is 12.2. The van der Waals surface area contributed by atoms with Crippen molar-refractivity contribution < 1.29 is 33.3 Å². The highest BCUT2D eigenvalue weighted by Crippen LogP contribution is 2.40. The van der Waals surface area contributed by atoms with Gasteiger partial charge in [-0.05, 0) is 69.2 Å². The summed E-state index contributed by atoms with van der Waals surface area (Å²) in [5.41, 5.74) is 1.44. The molecule has 1 aliphatic carbocycles. The third-order valence-electron chi connectivity index (χ3n) is 10.2. The van der Waals surface area contributed by atoms with E-state index in [4.69, 9.17) is 42.1 Å². The number of hydrogen-bond donors (Lipinski definition) is 1. The van der Waals surface area contributed by atoms with Crippen LogP contribution in [0.1, 0.15) is 61.4 Å². The summed E-state index contributed by atoms with van der Waals surface area (Å²) in [5, 5.41) is 6.17. The standard InChI is InChI=1S/C37H45Cl2N3O7S/c1-4-48-36(45)23-11-13-25(14-12-23)49-37(41-15-7-8-16-41,42-20-31(46-2)32(21-42)47-3)34(43)18-24-17-29(39)30(19-28(24)38)40-35(44)27-22-50-33-10-6-5-9-26(27)33/h5-6,9-10,17,19,22-23,25,31-32H,4,7-8,11-16,18,20-21H2,1-3H3,(H,40,44)/t23-,25-,31-,32+,37?. The van der Waals surface area contributed by atoms with Gasteiger partial charge in [0.1, 0.15) is 0 Å². The van der Waals surface area contributed by atoms with Gasteiger partial charge < -0.3 is 24.3 Å². The Bertz CT molecular complexity index is 1680. The van der Waals surface area contributed by atoms with Gasteiger partial charge >= 0.3 is 5.97 Å². The maximum Gasteiger partial charge on any atom is 0.308 e. The van der Waals surface area contributed by atoms with Crippen molar-refractivity contribution in [3.8, 4) is 0 Å². The molecule has 0 bridgehead atoms. The lowest BCUT2D eigenvalue weighted by Gasteiger charge is -2.48. The number of thiophene rings is 1. The van der Waals surface area contributed by atoms with Crippen LogP contribution in [0.25, 0.3) is 10.1 Å². The Morgan fingerprint density at radius 3 is 2.28 bits per heavy atom. The van der Waals surface area contributed by atoms with Gasteiger partial charge in [-0.2, -0.15) is 0 Å². The summed E-state index contributed by atoms with van der Waals surface area (Å²) in [7, 11) is 3.31. The van der Waals surface area contributed by atoms with Crippen molar-refractivity contribution in [2.75, 3.05) is 52.3 Å². The van der Waals surface area contributed by atoms with Crippen molar-refractivity contribution in [2.24, 2.45) is 5.92 Å². The topological polar surface area (TPSA) is 107 Å². The minimum atomic E-state index is -1.41. The molecule has 6 rings (SSSR count). The third-order valence-corrected chi connectivity index (χ3v) is 11.9. The highest BCUT2D eigenvalue weighted by molar-refractivity contribution is 7.17. The molecule has 3 aromatic rings. The molecule has 3 atom stereocenters. The maximum atomic E-state index is 15.0. The minimum absolute atomic E-state index is 0.0532. The number of benzene rings is 2. The Balaban J connectivity index is 1.28. The van der Waals surface area contributed by atoms with Gasteiger partial charge in [-0.1, -0.05) is 41.4 Å². The Morgan fingerprint density at radius 1 is 0.940 bits per heavy atom. The second-order valence-electron chi connectivity index (χ2n) is 13.2. The molecule has 0 spiro atoms. The first-order valence-electron chi connectivity index (χ1n) is 17.4. The molecule has 3 fully saturated rings. The summed E-state index contributed by atoms with van der Waals surface area (Å²) in [4.78, 5) is 45.0. The monoisotopic (exact) mass is 745 g/mol. The maximum absolute atomic E-state index is 15.0. The fourth-order valence-electron chi connectivity index (χ4n) is 7.59. The number of ketones is 1. The number of halogens is 2. The molecule has 270 valence electrons. The molecule has 50 heavy (non-hydrogen) atoms. The summed E-state index contributed by atoms with van der Waals surface area (Å²) >= 11 is 15.1. The fraction of sp³-hybridized carbons (Fsp3) is 0.541. The zero-order valence-corrected chi connectivity index (χ0v) is 31.1. The predicted molar refractivity (Wildman–Crippen MR) is 195 cm³/mol. The van der Waals surface area contributed by atoms with Gasteiger partial charge in [0.2, 0.25) is 5.85 Å². The van der Waals surface area contributed by atoms with Crippen molar-refractivity contribution in [1.29, 1.82) is 0 Å². The normalized spacial score (nSPS) is 24.3. The van der Waals surface area contributed by atoms with E-state index in [2.05, 4.69) is 15.1 Å². The first-order chi connectivity index (χ1) is 24.2. The second-order valence-corrected chi connectivity index (χ2v) is 14.9. The molecule has 1 unspecified atom stereocenters. The number of likely N-dealkylation sites (tertiary alicyclic amines) is 2. The van der Waals surface area contributed by atoms with Gasteiger partial charge in [0.15, 0.2) is 5.78 Å². The van der Waals surface area contributed by atoms with E-state index in [9.17, 15) is 9.59 Å². The Hall–Kier alpha value is -2.61. The zero-order valence-electron chi connectivity index (χ0n) is 28.8. The SMILES string of the molecule is CCOC(=O)[C@H]1CC[C@H](OC(C(=O)Cc2cc(Cl)c(NC(=O)c3csc4ccccc34)cc2Cl)(N2CCCC2)N2C[C@H](OC)[C@H](OC)C2)CC1. The minimum Gasteiger partial charge on any atom is -0.466 e. The summed E-state index contributed by atoms with van der Waals surface area (Å²) < 4.78 is 25.0. The number of hydrogen-bond acceptors (Lipinski definition) is 10. The molecule has 0 radical (unpaired) electrons. The number of rotatable bonds is 13. The van der Waals surface area contributed by atoms with E-state index in [-0.39, 0.29) is 53.3 Å². The van der Waals surface area contributed by atoms with Crippen LogP contribution in [0.15, 0.2) is 41.8 Å². The number of methoxy groups -OCH3 is 2. The molecule has 1 N–H and O–H groups in total. The van der Waals surface area contributed by atoms with Crippen LogP contribution in [-0.4, -0.2) is 98.6 Å². The van der Waals surface area contributed by atoms with E-state index in [1.807, 2.05) is 36.6 Å². The fourth-order valence-corrected chi connectivity index (χ4v) is 9.00. The van der Waals surface area contributed by atoms with Crippen molar-refractivity contribution in [2.45, 2.75) is 76.0 Å². The van der Waals surface area contributed by atoms with Crippen LogP contribution in [0.3, 0.4) is 0 Å². The number of carbonyl (C=O) groups is 3. The summed E-state index contributed by atoms with van der Waals surface area (Å²) in [6, 6.07) is 11.0. The number of amides is 1. The number of ether oxygens (including phenoxy) is 4. The molecule has 13 heteroatoms. The quantitative estimate of drug-likeness (QED) is 0.189. The molecule has 2 aliphatic heterocycles. The van der Waals surface area contributed by atoms with Crippen LogP contribution in [0, 0.1) is 5.92 Å². The molecular weight excluding hydrogens is 701 g/mol. The summed E-state index contributed by atoms with van der Waals surface area (Å²) in [5.74, 6) is -2.22. The molecular formula is C37H45Cl2N3O7S. The average molecular weight is 747 g/mol. The lowest BCUT2D eigenvalue weighted by Crippen LogP contribution is -2.67. The third kappa shape index (κ3) is 7.61. The molecule has 3 aliphatic rings. The average Bonchev–Trinajstić information content (AvgIpc) is 3.90. The van der Waals surface area contributed by atoms with Crippen molar-refractivity contribution in [3.05, 3.63) is 63.0 Å². The second kappa shape index (κ2) is 16.4. The molecule has 2 aromatic carbocycles. The van der Waals surface area contributed by atoms with Gasteiger partial charge in [-0.25, -0.2) is 0 Å². The molecule has 1 amide bonds. The lowest BCUT2D eigenvalue weighted by atomic mass is 9.87. The highest BCUT2D eigenvalue weighted by atomic mass is 35.5. The van der Waals surface area contributed by atoms with Crippen LogP contribution in [-0.2, 0) is 35.0 Å². The van der Waals surface area contributed by atoms with E-state index in [1.165, 1.54) is 11.3 Å². The summed E-state index contributed by atoms with van der Waals surface area (Å²) in [6.45, 7) is 4.41. The van der Waals surface area contributed by atoms with Gasteiger partial charge in [0, 0.05) is 67.3 Å². The van der Waals surface area contributed by atoms with Crippen molar-refractivity contribution in [3.63, 3.8) is 0 Å². The van der Waals surface area contributed by atoms with E-state index in [0.29, 0.717) is 80.3 Å². The number of anilines is 1. The zero-order chi connectivity index (χ0) is 35.4. The number of nitrogens with zero attached hydrogens (tertiary/aromatic N) is 2. The molecule has 1 saturated carbocycles. The number of carbonyl (C=O) groups excluding carboxylic acids is 3. The Labute approximate surface area is 307 Å². The van der Waals surface area contributed by atoms with Crippen LogP contribution < -0.4 is 5.32 Å². The number of Topliss-reactive ketones (excluding diaryl/α,β-unsaturated/α-hetero) is 1. The van der Waals surface area contributed by atoms with Gasteiger partial charge in [-0.3, -0.25) is 24.2 Å². The number of fused-ring (bicyclic) bond motifs is 1. The van der Waals surface area contributed by atoms with Gasteiger partial charge in [0.25, 0.3) is 5.91 Å². The molecule has 10 nitrogen and oxygen atoms in total. The van der Waals surface area contributed by atoms with Gasteiger partial charge in [-0.15, -0.1) is 11.3 Å². The highest BCUT2D eigenvalue weighted by Gasteiger charge is 2.56. The Morgan fingerprint density at radius 2 is 1.62 bits per heavy atom. The van der Waals surface area contributed by atoms with Crippen LogP contribution >= 0.6 is 34.5 Å². The van der Waals surface area contributed by atoms with E-state index < -0.39 is 5.85 Å². The van der Waals surface area contributed by atoms with Gasteiger partial charge in [0.05, 0.1) is 47.1 Å². The van der Waals surface area contributed by atoms with E-state index in [0.717, 1.165) is 22.9 Å². The molecule has 3 heterocycles. The predicted octanol–water partition coefficient (Wildman–Crippen LogP) is 6.81. The molecule has 2 saturated heterocycles. The van der Waals surface area contributed by atoms with E-state index in [1.54, 1.807) is 26.4 Å². The smallest absolute Gasteiger partial charge is 0.308 e. The number of nitrogens with one attached hydrogen (secondary N) is 1. The largest absolute Gasteiger partial charge is 0.466 e. The van der Waals surface area contributed by atoms with Crippen LogP contribution in [0.5, 0.6) is 0 Å². The molecule has 1 aromatic heterocycles. The number of esters is 1. The lowest BCUT2D eigenvalue weighted by molar-refractivity contribution is -0.254. The van der Waals surface area contributed by atoms with Crippen molar-refractivity contribution >= 4 is 68.0 Å². The van der Waals surface area contributed by atoms with Crippen molar-refractivity contribution in [1.82, 2.24) is 9.80 Å². The van der Waals surface area contributed by atoms with Crippen LogP contribution in [0.2, 0.25) is 10.0 Å².